The lowest BCUT2D eigenvalue weighted by Gasteiger charge is -2.47. The first-order valence-electron chi connectivity index (χ1n) is 15.4. The minimum atomic E-state index is -1.59. The number of unbranched alkanes of at least 4 members (excludes halogenated alkanes) is 9. The standard InChI is InChI=1S/C30H52O12/c1-7-8-9-10-11-12-13-14-15-16-17-36-30-28(23(34)25(18(2)38-30)39-20(4)31)42-29-24(35)27(41-22(6)33)26(19(3)37-29)40-21(5)32/h18-19,23-30,34-35H,7-17H2,1-6H3. The Morgan fingerprint density at radius 2 is 1.05 bits per heavy atom. The molecule has 12 nitrogen and oxygen atoms in total. The average molecular weight is 605 g/mol. The van der Waals surface area contributed by atoms with Crippen LogP contribution in [0.5, 0.6) is 0 Å². The molecule has 2 fully saturated rings. The van der Waals surface area contributed by atoms with E-state index >= 15 is 0 Å². The van der Waals surface area contributed by atoms with Gasteiger partial charge in [0, 0.05) is 27.4 Å². The smallest absolute Gasteiger partial charge is 0.303 e. The summed E-state index contributed by atoms with van der Waals surface area (Å²) in [5, 5.41) is 22.3. The van der Waals surface area contributed by atoms with E-state index in [1.807, 2.05) is 0 Å². The molecule has 2 aliphatic heterocycles. The summed E-state index contributed by atoms with van der Waals surface area (Å²) in [7, 11) is 0. The first-order valence-corrected chi connectivity index (χ1v) is 15.4. The van der Waals surface area contributed by atoms with Gasteiger partial charge in [0.2, 0.25) is 0 Å². The Labute approximate surface area is 249 Å². The van der Waals surface area contributed by atoms with Crippen LogP contribution in [-0.4, -0.2) is 96.1 Å². The third-order valence-electron chi connectivity index (χ3n) is 7.48. The number of aliphatic hydroxyl groups excluding tert-OH is 2. The number of carbonyl (C=O) groups is 3. The summed E-state index contributed by atoms with van der Waals surface area (Å²) in [5.41, 5.74) is 0. The minimum absolute atomic E-state index is 0.341. The predicted octanol–water partition coefficient (Wildman–Crippen LogP) is 3.32. The van der Waals surface area contributed by atoms with E-state index in [-0.39, 0.29) is 0 Å². The fourth-order valence-corrected chi connectivity index (χ4v) is 5.35. The minimum Gasteiger partial charge on any atom is -0.457 e. The van der Waals surface area contributed by atoms with E-state index in [9.17, 15) is 24.6 Å². The lowest BCUT2D eigenvalue weighted by Crippen LogP contribution is -2.64. The molecular weight excluding hydrogens is 552 g/mol. The second kappa shape index (κ2) is 18.7. The highest BCUT2D eigenvalue weighted by Gasteiger charge is 2.53. The van der Waals surface area contributed by atoms with E-state index in [1.54, 1.807) is 13.8 Å². The summed E-state index contributed by atoms with van der Waals surface area (Å²) in [6.07, 6.45) is -0.0652. The van der Waals surface area contributed by atoms with Crippen LogP contribution in [0.4, 0.5) is 0 Å². The quantitative estimate of drug-likeness (QED) is 0.142. The fourth-order valence-electron chi connectivity index (χ4n) is 5.35. The van der Waals surface area contributed by atoms with Crippen molar-refractivity contribution in [2.45, 2.75) is 167 Å². The Morgan fingerprint density at radius 1 is 0.595 bits per heavy atom. The Morgan fingerprint density at radius 3 is 1.60 bits per heavy atom. The lowest BCUT2D eigenvalue weighted by atomic mass is 9.97. The monoisotopic (exact) mass is 604 g/mol. The normalized spacial score (nSPS) is 33.1. The number of aliphatic hydroxyl groups is 2. The van der Waals surface area contributed by atoms with Crippen LogP contribution in [0.2, 0.25) is 0 Å². The molecule has 0 aromatic rings. The molecule has 0 radical (unpaired) electrons. The van der Waals surface area contributed by atoms with Gasteiger partial charge in [-0.15, -0.1) is 0 Å². The maximum atomic E-state index is 11.8. The maximum Gasteiger partial charge on any atom is 0.303 e. The Balaban J connectivity index is 2.04. The van der Waals surface area contributed by atoms with Crippen molar-refractivity contribution in [2.24, 2.45) is 0 Å². The van der Waals surface area contributed by atoms with Gasteiger partial charge in [-0.2, -0.15) is 0 Å². The molecule has 0 aromatic carbocycles. The van der Waals surface area contributed by atoms with Gasteiger partial charge < -0.3 is 43.4 Å². The van der Waals surface area contributed by atoms with Crippen molar-refractivity contribution in [3.63, 3.8) is 0 Å². The number of hydrogen-bond donors (Lipinski definition) is 2. The van der Waals surface area contributed by atoms with Crippen molar-refractivity contribution in [3.8, 4) is 0 Å². The van der Waals surface area contributed by atoms with Gasteiger partial charge in [0.15, 0.2) is 30.9 Å². The van der Waals surface area contributed by atoms with Crippen molar-refractivity contribution in [3.05, 3.63) is 0 Å². The van der Waals surface area contributed by atoms with E-state index < -0.39 is 79.3 Å². The van der Waals surface area contributed by atoms with Crippen LogP contribution in [0.15, 0.2) is 0 Å². The lowest BCUT2D eigenvalue weighted by molar-refractivity contribution is -0.362. The zero-order valence-electron chi connectivity index (χ0n) is 26.0. The van der Waals surface area contributed by atoms with E-state index in [0.29, 0.717) is 6.61 Å². The first-order chi connectivity index (χ1) is 20.0. The van der Waals surface area contributed by atoms with Gasteiger partial charge in [-0.3, -0.25) is 14.4 Å². The third kappa shape index (κ3) is 11.7. The molecule has 10 atom stereocenters. The van der Waals surface area contributed by atoms with Crippen molar-refractivity contribution in [2.75, 3.05) is 6.61 Å². The molecule has 0 bridgehead atoms. The van der Waals surface area contributed by atoms with Crippen LogP contribution in [0.25, 0.3) is 0 Å². The molecule has 2 saturated heterocycles. The molecule has 2 aliphatic rings. The molecule has 2 N–H and O–H groups in total. The average Bonchev–Trinajstić information content (AvgIpc) is 2.91. The summed E-state index contributed by atoms with van der Waals surface area (Å²) >= 11 is 0. The molecule has 0 spiro atoms. The molecule has 0 aromatic heterocycles. The van der Waals surface area contributed by atoms with Crippen molar-refractivity contribution < 1.29 is 57.8 Å². The van der Waals surface area contributed by atoms with Crippen molar-refractivity contribution >= 4 is 17.9 Å². The predicted molar refractivity (Wildman–Crippen MR) is 150 cm³/mol. The third-order valence-corrected chi connectivity index (χ3v) is 7.48. The number of carbonyl (C=O) groups excluding carboxylic acids is 3. The summed E-state index contributed by atoms with van der Waals surface area (Å²) < 4.78 is 39.6. The Hall–Kier alpha value is -1.83. The summed E-state index contributed by atoms with van der Waals surface area (Å²) in [6.45, 7) is 9.35. The van der Waals surface area contributed by atoms with Crippen molar-refractivity contribution in [1.82, 2.24) is 0 Å². The Bertz CT molecular complexity index is 822. The summed E-state index contributed by atoms with van der Waals surface area (Å²) in [4.78, 5) is 35.1. The van der Waals surface area contributed by atoms with Crippen molar-refractivity contribution in [1.29, 1.82) is 0 Å². The maximum absolute atomic E-state index is 11.8. The van der Waals surface area contributed by atoms with Crippen LogP contribution in [0.3, 0.4) is 0 Å². The number of ether oxygens (including phenoxy) is 7. The van der Waals surface area contributed by atoms with Gasteiger partial charge in [-0.05, 0) is 20.3 Å². The van der Waals surface area contributed by atoms with Crippen LogP contribution >= 0.6 is 0 Å². The summed E-state index contributed by atoms with van der Waals surface area (Å²) in [5.74, 6) is -1.96. The second-order valence-corrected chi connectivity index (χ2v) is 11.3. The van der Waals surface area contributed by atoms with Gasteiger partial charge in [0.25, 0.3) is 0 Å². The largest absolute Gasteiger partial charge is 0.457 e. The molecule has 12 heteroatoms. The number of hydrogen-bond acceptors (Lipinski definition) is 12. The van der Waals surface area contributed by atoms with E-state index in [2.05, 4.69) is 6.92 Å². The van der Waals surface area contributed by atoms with Gasteiger partial charge in [-0.1, -0.05) is 64.7 Å². The van der Waals surface area contributed by atoms with Gasteiger partial charge in [0.1, 0.15) is 18.3 Å². The van der Waals surface area contributed by atoms with E-state index in [1.165, 1.54) is 58.8 Å². The molecule has 2 rings (SSSR count). The van der Waals surface area contributed by atoms with Crippen LogP contribution in [0.1, 0.15) is 106 Å². The second-order valence-electron chi connectivity index (χ2n) is 11.3. The topological polar surface area (TPSA) is 156 Å². The number of esters is 3. The van der Waals surface area contributed by atoms with Crippen LogP contribution < -0.4 is 0 Å². The zero-order valence-corrected chi connectivity index (χ0v) is 26.0. The number of rotatable bonds is 17. The van der Waals surface area contributed by atoms with Gasteiger partial charge in [0.05, 0.1) is 12.2 Å². The first kappa shape index (κ1) is 36.4. The molecule has 0 aliphatic carbocycles. The highest BCUT2D eigenvalue weighted by atomic mass is 16.8. The SMILES string of the molecule is CCCCCCCCCCCCOC1OC(C)C(OC(C)=O)C(O)C1OC1OC(C)C(OC(C)=O)C(OC(C)=O)C1O. The molecule has 0 saturated carbocycles. The molecular formula is C30H52O12. The van der Waals surface area contributed by atoms with E-state index in [0.717, 1.165) is 26.2 Å². The highest BCUT2D eigenvalue weighted by Crippen LogP contribution is 2.32. The van der Waals surface area contributed by atoms with E-state index in [4.69, 9.17) is 33.2 Å². The highest BCUT2D eigenvalue weighted by molar-refractivity contribution is 5.67. The van der Waals surface area contributed by atoms with Crippen LogP contribution in [0, 0.1) is 0 Å². The van der Waals surface area contributed by atoms with Gasteiger partial charge >= 0.3 is 17.9 Å². The zero-order chi connectivity index (χ0) is 31.2. The molecule has 0 amide bonds. The fraction of sp³-hybridized carbons (Fsp3) is 0.900. The Kier molecular flexibility index (Phi) is 16.2. The van der Waals surface area contributed by atoms with Gasteiger partial charge in [-0.25, -0.2) is 0 Å². The molecule has 2 heterocycles. The molecule has 244 valence electrons. The summed E-state index contributed by atoms with van der Waals surface area (Å²) in [6, 6.07) is 0. The molecule has 10 unspecified atom stereocenters. The molecule has 42 heavy (non-hydrogen) atoms. The van der Waals surface area contributed by atoms with Crippen LogP contribution in [-0.2, 0) is 47.5 Å².